The lowest BCUT2D eigenvalue weighted by Crippen LogP contribution is -2.28. The summed E-state index contributed by atoms with van der Waals surface area (Å²) in [7, 11) is 0. The van der Waals surface area contributed by atoms with Gasteiger partial charge in [-0.3, -0.25) is 4.79 Å². The molecular formula is C17H13Cl2NO4. The van der Waals surface area contributed by atoms with E-state index < -0.39 is 23.7 Å². The number of aliphatic carboxylic acids is 1. The van der Waals surface area contributed by atoms with Crippen molar-refractivity contribution in [2.24, 2.45) is 0 Å². The van der Waals surface area contributed by atoms with Crippen LogP contribution in [0.3, 0.4) is 0 Å². The Labute approximate surface area is 148 Å². The van der Waals surface area contributed by atoms with Crippen molar-refractivity contribution in [1.82, 2.24) is 5.32 Å². The zero-order valence-electron chi connectivity index (χ0n) is 12.2. The van der Waals surface area contributed by atoms with Gasteiger partial charge in [-0.05, 0) is 35.4 Å². The number of halogens is 2. The molecule has 7 heteroatoms. The van der Waals surface area contributed by atoms with E-state index in [9.17, 15) is 14.7 Å². The lowest BCUT2D eigenvalue weighted by Gasteiger charge is -2.19. The van der Waals surface area contributed by atoms with E-state index in [-0.39, 0.29) is 0 Å². The predicted molar refractivity (Wildman–Crippen MR) is 91.2 cm³/mol. The topological polar surface area (TPSA) is 86.6 Å². The molecule has 0 saturated heterocycles. The van der Waals surface area contributed by atoms with Crippen LogP contribution >= 0.6 is 23.2 Å². The van der Waals surface area contributed by atoms with E-state index in [0.29, 0.717) is 16.1 Å². The Hall–Kier alpha value is -2.50. The second-order valence-electron chi connectivity index (χ2n) is 4.88. The van der Waals surface area contributed by atoms with Gasteiger partial charge in [-0.1, -0.05) is 47.5 Å². The summed E-state index contributed by atoms with van der Waals surface area (Å²) in [5.41, 5.74) is 1.47. The molecule has 1 amide bonds. The summed E-state index contributed by atoms with van der Waals surface area (Å²) in [5.74, 6) is -3.37. The molecule has 0 radical (unpaired) electrons. The zero-order valence-corrected chi connectivity index (χ0v) is 13.8. The summed E-state index contributed by atoms with van der Waals surface area (Å²) in [4.78, 5) is 22.6. The first kappa shape index (κ1) is 17.8. The molecule has 0 aliphatic heterocycles. The average molecular weight is 366 g/mol. The molecule has 124 valence electrons. The summed E-state index contributed by atoms with van der Waals surface area (Å²) in [5, 5.41) is 21.6. The Morgan fingerprint density at radius 1 is 0.875 bits per heavy atom. The van der Waals surface area contributed by atoms with Crippen LogP contribution < -0.4 is 5.32 Å². The van der Waals surface area contributed by atoms with Gasteiger partial charge in [-0.25, -0.2) is 4.79 Å². The molecule has 0 atom stereocenters. The first-order chi connectivity index (χ1) is 11.4. The van der Waals surface area contributed by atoms with Crippen molar-refractivity contribution in [2.45, 2.75) is 6.04 Å². The highest BCUT2D eigenvalue weighted by Gasteiger charge is 2.17. The number of amides is 1. The smallest absolute Gasteiger partial charge is 0.371 e. The molecule has 5 nitrogen and oxygen atoms in total. The Morgan fingerprint density at radius 2 is 1.29 bits per heavy atom. The molecule has 0 heterocycles. The minimum atomic E-state index is -1.58. The third-order valence-corrected chi connectivity index (χ3v) is 3.68. The summed E-state index contributed by atoms with van der Waals surface area (Å²) < 4.78 is 0. The van der Waals surface area contributed by atoms with Crippen molar-refractivity contribution in [3.05, 3.63) is 81.5 Å². The summed E-state index contributed by atoms with van der Waals surface area (Å²) in [6, 6.07) is 13.1. The second kappa shape index (κ2) is 7.86. The number of carboxylic acid groups (broad SMARTS) is 1. The van der Waals surface area contributed by atoms with Gasteiger partial charge in [0, 0.05) is 10.0 Å². The molecule has 3 N–H and O–H groups in total. The Kier molecular flexibility index (Phi) is 5.84. The molecule has 0 bridgehead atoms. The number of aliphatic hydroxyl groups excluding tert-OH is 1. The molecule has 2 aromatic rings. The fourth-order valence-electron chi connectivity index (χ4n) is 2.04. The number of hydrogen-bond acceptors (Lipinski definition) is 3. The zero-order chi connectivity index (χ0) is 17.7. The van der Waals surface area contributed by atoms with Crippen LogP contribution in [0.5, 0.6) is 0 Å². The number of benzene rings is 2. The highest BCUT2D eigenvalue weighted by atomic mass is 35.5. The van der Waals surface area contributed by atoms with Crippen LogP contribution in [0.2, 0.25) is 10.0 Å². The molecule has 0 aliphatic rings. The van der Waals surface area contributed by atoms with Crippen molar-refractivity contribution in [3.63, 3.8) is 0 Å². The standard InChI is InChI=1S/C17H13Cl2NO4/c18-12-5-1-10(2-6-12)16(11-3-7-13(19)8-4-11)20-15(22)9-14(21)17(23)24/h1-9,16,21H,(H,20,22)(H,23,24)/b14-9-. The van der Waals surface area contributed by atoms with Gasteiger partial charge in [0.1, 0.15) is 0 Å². The van der Waals surface area contributed by atoms with E-state index >= 15 is 0 Å². The van der Waals surface area contributed by atoms with E-state index in [1.54, 1.807) is 48.5 Å². The fraction of sp³-hybridized carbons (Fsp3) is 0.0588. The van der Waals surface area contributed by atoms with Gasteiger partial charge in [0.15, 0.2) is 0 Å². The fourth-order valence-corrected chi connectivity index (χ4v) is 2.29. The highest BCUT2D eigenvalue weighted by Crippen LogP contribution is 2.25. The lowest BCUT2D eigenvalue weighted by molar-refractivity contribution is -0.136. The predicted octanol–water partition coefficient (Wildman–Crippen LogP) is 3.73. The van der Waals surface area contributed by atoms with Gasteiger partial charge < -0.3 is 15.5 Å². The number of carbonyl (C=O) groups is 2. The van der Waals surface area contributed by atoms with Crippen molar-refractivity contribution < 1.29 is 19.8 Å². The quantitative estimate of drug-likeness (QED) is 0.556. The van der Waals surface area contributed by atoms with Gasteiger partial charge >= 0.3 is 5.97 Å². The molecule has 0 saturated carbocycles. The molecular weight excluding hydrogens is 353 g/mol. The maximum atomic E-state index is 12.0. The van der Waals surface area contributed by atoms with Crippen LogP contribution in [0.1, 0.15) is 17.2 Å². The third kappa shape index (κ3) is 4.75. The number of rotatable bonds is 5. The van der Waals surface area contributed by atoms with E-state index in [0.717, 1.165) is 11.1 Å². The minimum Gasteiger partial charge on any atom is -0.502 e. The highest BCUT2D eigenvalue weighted by molar-refractivity contribution is 6.30. The first-order valence-corrected chi connectivity index (χ1v) is 7.58. The largest absolute Gasteiger partial charge is 0.502 e. The number of aliphatic hydroxyl groups is 1. The van der Waals surface area contributed by atoms with Gasteiger partial charge in [-0.2, -0.15) is 0 Å². The van der Waals surface area contributed by atoms with Gasteiger partial charge in [0.25, 0.3) is 0 Å². The van der Waals surface area contributed by atoms with E-state index in [2.05, 4.69) is 5.32 Å². The van der Waals surface area contributed by atoms with Gasteiger partial charge in [-0.15, -0.1) is 0 Å². The van der Waals surface area contributed by atoms with E-state index in [1.165, 1.54) is 0 Å². The number of hydrogen-bond donors (Lipinski definition) is 3. The van der Waals surface area contributed by atoms with Crippen LogP contribution in [-0.2, 0) is 9.59 Å². The molecule has 2 aromatic carbocycles. The van der Waals surface area contributed by atoms with E-state index in [4.69, 9.17) is 28.3 Å². The monoisotopic (exact) mass is 365 g/mol. The van der Waals surface area contributed by atoms with Gasteiger partial charge in [0.05, 0.1) is 12.1 Å². The van der Waals surface area contributed by atoms with Crippen molar-refractivity contribution in [1.29, 1.82) is 0 Å². The molecule has 0 aromatic heterocycles. The van der Waals surface area contributed by atoms with Crippen LogP contribution in [0.25, 0.3) is 0 Å². The normalized spacial score (nSPS) is 11.4. The Bertz CT molecular complexity index is 725. The molecule has 0 aliphatic carbocycles. The number of nitrogens with one attached hydrogen (secondary N) is 1. The summed E-state index contributed by atoms with van der Waals surface area (Å²) in [6.07, 6.45) is 0.612. The number of carbonyl (C=O) groups excluding carboxylic acids is 1. The Morgan fingerprint density at radius 3 is 1.67 bits per heavy atom. The molecule has 24 heavy (non-hydrogen) atoms. The van der Waals surface area contributed by atoms with Crippen LogP contribution in [0.4, 0.5) is 0 Å². The molecule has 2 rings (SSSR count). The first-order valence-electron chi connectivity index (χ1n) is 6.82. The minimum absolute atomic E-state index is 0.545. The van der Waals surface area contributed by atoms with Crippen LogP contribution in [0.15, 0.2) is 60.4 Å². The van der Waals surface area contributed by atoms with Crippen molar-refractivity contribution in [3.8, 4) is 0 Å². The molecule has 0 unspecified atom stereocenters. The molecule has 0 spiro atoms. The van der Waals surface area contributed by atoms with Crippen LogP contribution in [-0.4, -0.2) is 22.1 Å². The average Bonchev–Trinajstić information content (AvgIpc) is 2.54. The molecule has 0 fully saturated rings. The Balaban J connectivity index is 2.34. The van der Waals surface area contributed by atoms with Gasteiger partial charge in [0.2, 0.25) is 11.7 Å². The lowest BCUT2D eigenvalue weighted by atomic mass is 9.98. The van der Waals surface area contributed by atoms with Crippen LogP contribution in [0, 0.1) is 0 Å². The van der Waals surface area contributed by atoms with Crippen molar-refractivity contribution in [2.75, 3.05) is 0 Å². The SMILES string of the molecule is O=C(/C=C(\O)C(=O)O)NC(c1ccc(Cl)cc1)c1ccc(Cl)cc1. The third-order valence-electron chi connectivity index (χ3n) is 3.18. The summed E-state index contributed by atoms with van der Waals surface area (Å²) >= 11 is 11.8. The van der Waals surface area contributed by atoms with Crippen molar-refractivity contribution >= 4 is 35.1 Å². The summed E-state index contributed by atoms with van der Waals surface area (Å²) in [6.45, 7) is 0. The maximum absolute atomic E-state index is 12.0. The second-order valence-corrected chi connectivity index (χ2v) is 5.75. The maximum Gasteiger partial charge on any atom is 0.371 e. The number of carboxylic acids is 1. The van der Waals surface area contributed by atoms with E-state index in [1.807, 2.05) is 0 Å².